The Labute approximate surface area is 117 Å². The van der Waals surface area contributed by atoms with Crippen LogP contribution < -0.4 is 5.73 Å². The van der Waals surface area contributed by atoms with Crippen LogP contribution in [0.15, 0.2) is 36.8 Å². The number of nitrogens with zero attached hydrogens (tertiary/aromatic N) is 3. The van der Waals surface area contributed by atoms with Gasteiger partial charge in [-0.1, -0.05) is 33.8 Å². The molecule has 19 heavy (non-hydrogen) atoms. The van der Waals surface area contributed by atoms with Gasteiger partial charge < -0.3 is 5.73 Å². The maximum absolute atomic E-state index is 5.24. The summed E-state index contributed by atoms with van der Waals surface area (Å²) in [5, 5.41) is 0. The molecule has 0 unspecified atom stereocenters. The first-order chi connectivity index (χ1) is 9.18. The monoisotopic (exact) mass is 262 g/mol. The number of anilines is 1. The summed E-state index contributed by atoms with van der Waals surface area (Å²) in [6.07, 6.45) is 5.24. The van der Waals surface area contributed by atoms with Crippen LogP contribution in [-0.4, -0.2) is 15.0 Å². The zero-order valence-electron chi connectivity index (χ0n) is 12.9. The number of aromatic nitrogens is 3. The molecule has 106 valence electrons. The van der Waals surface area contributed by atoms with E-state index in [-0.39, 0.29) is 0 Å². The summed E-state index contributed by atoms with van der Waals surface area (Å²) in [6.45, 7) is 11.9. The van der Waals surface area contributed by atoms with E-state index in [1.165, 1.54) is 5.56 Å². The molecule has 0 aliphatic rings. The Hall–Kier alpha value is -1.97. The van der Waals surface area contributed by atoms with Crippen molar-refractivity contribution in [1.29, 1.82) is 0 Å². The number of nitrogens with two attached hydrogens (primary N) is 1. The predicted octanol–water partition coefficient (Wildman–Crippen LogP) is 3.81. The molecule has 0 saturated carbocycles. The molecule has 2 N–H and O–H groups in total. The van der Waals surface area contributed by atoms with Gasteiger partial charge in [0.15, 0.2) is 0 Å². The van der Waals surface area contributed by atoms with Crippen molar-refractivity contribution >= 4 is 5.95 Å². The Morgan fingerprint density at radius 1 is 0.947 bits per heavy atom. The van der Waals surface area contributed by atoms with Gasteiger partial charge in [-0.25, -0.2) is 9.97 Å². The first-order valence-corrected chi connectivity index (χ1v) is 6.60. The zero-order valence-corrected chi connectivity index (χ0v) is 12.9. The third-order valence-electron chi connectivity index (χ3n) is 1.62. The van der Waals surface area contributed by atoms with E-state index in [0.717, 1.165) is 5.69 Å². The van der Waals surface area contributed by atoms with Gasteiger partial charge in [-0.15, -0.1) is 0 Å². The van der Waals surface area contributed by atoms with Crippen molar-refractivity contribution in [2.75, 3.05) is 5.73 Å². The topological polar surface area (TPSA) is 64.7 Å². The van der Waals surface area contributed by atoms with Crippen molar-refractivity contribution in [2.45, 2.75) is 41.5 Å². The molecule has 2 aromatic heterocycles. The number of nitrogen functional groups attached to an aromatic ring is 1. The first kappa shape index (κ1) is 19.4. The highest BCUT2D eigenvalue weighted by Gasteiger charge is 1.84. The predicted molar refractivity (Wildman–Crippen MR) is 82.9 cm³/mol. The molecule has 2 aromatic rings. The molecule has 0 saturated heterocycles. The molecule has 0 bridgehead atoms. The SMILES string of the molecule is CC.CC.Cc1cccnc1.Cc1ccnc(N)n1. The normalized spacial score (nSPS) is 7.68. The Balaban J connectivity index is 0. The molecular formula is C15H26N4. The number of hydrogen-bond donors (Lipinski definition) is 1. The molecule has 2 heterocycles. The van der Waals surface area contributed by atoms with Crippen molar-refractivity contribution in [2.24, 2.45) is 0 Å². The van der Waals surface area contributed by atoms with Gasteiger partial charge in [-0.05, 0) is 31.5 Å². The average molecular weight is 262 g/mol. The Morgan fingerprint density at radius 2 is 1.58 bits per heavy atom. The maximum atomic E-state index is 5.24. The van der Waals surface area contributed by atoms with Crippen molar-refractivity contribution in [3.8, 4) is 0 Å². The zero-order chi connectivity index (χ0) is 15.1. The summed E-state index contributed by atoms with van der Waals surface area (Å²) in [4.78, 5) is 11.4. The summed E-state index contributed by atoms with van der Waals surface area (Å²) >= 11 is 0. The Bertz CT molecular complexity index is 385. The second-order valence-corrected chi connectivity index (χ2v) is 3.09. The summed E-state index contributed by atoms with van der Waals surface area (Å²) in [6, 6.07) is 5.75. The van der Waals surface area contributed by atoms with Crippen LogP contribution in [0.1, 0.15) is 39.0 Å². The molecule has 0 aliphatic carbocycles. The third-order valence-corrected chi connectivity index (χ3v) is 1.62. The molecule has 0 fully saturated rings. The van der Waals surface area contributed by atoms with E-state index in [1.54, 1.807) is 18.5 Å². The largest absolute Gasteiger partial charge is 0.368 e. The first-order valence-electron chi connectivity index (χ1n) is 6.60. The fourth-order valence-corrected chi connectivity index (χ4v) is 0.916. The molecular weight excluding hydrogens is 236 g/mol. The summed E-state index contributed by atoms with van der Waals surface area (Å²) < 4.78 is 0. The smallest absolute Gasteiger partial charge is 0.220 e. The fraction of sp³-hybridized carbons (Fsp3) is 0.400. The molecule has 4 nitrogen and oxygen atoms in total. The maximum Gasteiger partial charge on any atom is 0.220 e. The van der Waals surface area contributed by atoms with Gasteiger partial charge in [0.05, 0.1) is 0 Å². The van der Waals surface area contributed by atoms with Crippen LogP contribution in [0.5, 0.6) is 0 Å². The number of pyridine rings is 1. The second kappa shape index (κ2) is 14.1. The molecule has 0 aromatic carbocycles. The van der Waals surface area contributed by atoms with Crippen LogP contribution >= 0.6 is 0 Å². The van der Waals surface area contributed by atoms with Gasteiger partial charge in [0.25, 0.3) is 0 Å². The lowest BCUT2D eigenvalue weighted by Gasteiger charge is -1.89. The quantitative estimate of drug-likeness (QED) is 0.784. The van der Waals surface area contributed by atoms with E-state index in [1.807, 2.05) is 59.9 Å². The van der Waals surface area contributed by atoms with Crippen molar-refractivity contribution in [3.05, 3.63) is 48.0 Å². The number of hydrogen-bond acceptors (Lipinski definition) is 4. The molecule has 0 atom stereocenters. The molecule has 4 heteroatoms. The summed E-state index contributed by atoms with van der Waals surface area (Å²) in [5.41, 5.74) is 7.35. The standard InChI is InChI=1S/C6H7N.C5H7N3.2C2H6/c1-6-3-2-4-7-5-6;1-4-2-3-7-5(6)8-4;2*1-2/h2-5H,1H3;2-3H,1H3,(H2,6,7,8);2*1-2H3. The van der Waals surface area contributed by atoms with Gasteiger partial charge in [0.2, 0.25) is 5.95 Å². The average Bonchev–Trinajstić information content (AvgIpc) is 2.44. The lowest BCUT2D eigenvalue weighted by molar-refractivity contribution is 1.12. The van der Waals surface area contributed by atoms with Crippen LogP contribution in [0.2, 0.25) is 0 Å². The highest BCUT2D eigenvalue weighted by atomic mass is 15.0. The van der Waals surface area contributed by atoms with Crippen molar-refractivity contribution in [3.63, 3.8) is 0 Å². The van der Waals surface area contributed by atoms with Crippen LogP contribution in [0.3, 0.4) is 0 Å². The van der Waals surface area contributed by atoms with E-state index in [2.05, 4.69) is 15.0 Å². The molecule has 0 radical (unpaired) electrons. The Morgan fingerprint density at radius 3 is 1.84 bits per heavy atom. The van der Waals surface area contributed by atoms with E-state index >= 15 is 0 Å². The second-order valence-electron chi connectivity index (χ2n) is 3.09. The van der Waals surface area contributed by atoms with Crippen molar-refractivity contribution in [1.82, 2.24) is 15.0 Å². The number of rotatable bonds is 0. The van der Waals surface area contributed by atoms with Crippen molar-refractivity contribution < 1.29 is 0 Å². The Kier molecular flexibility index (Phi) is 14.4. The van der Waals surface area contributed by atoms with E-state index in [0.29, 0.717) is 5.95 Å². The minimum Gasteiger partial charge on any atom is -0.368 e. The van der Waals surface area contributed by atoms with Crippen LogP contribution in [0.4, 0.5) is 5.95 Å². The third kappa shape index (κ3) is 12.3. The van der Waals surface area contributed by atoms with E-state index in [9.17, 15) is 0 Å². The molecule has 0 spiro atoms. The van der Waals surface area contributed by atoms with E-state index < -0.39 is 0 Å². The molecule has 0 aliphatic heterocycles. The fourth-order valence-electron chi connectivity index (χ4n) is 0.916. The highest BCUT2D eigenvalue weighted by Crippen LogP contribution is 1.91. The van der Waals surface area contributed by atoms with Crippen LogP contribution in [-0.2, 0) is 0 Å². The highest BCUT2D eigenvalue weighted by molar-refractivity contribution is 5.15. The molecule has 0 amide bonds. The van der Waals surface area contributed by atoms with Crippen LogP contribution in [0, 0.1) is 13.8 Å². The van der Waals surface area contributed by atoms with Gasteiger partial charge in [0, 0.05) is 24.3 Å². The van der Waals surface area contributed by atoms with Gasteiger partial charge >= 0.3 is 0 Å². The lowest BCUT2D eigenvalue weighted by atomic mass is 10.3. The van der Waals surface area contributed by atoms with Gasteiger partial charge in [-0.3, -0.25) is 4.98 Å². The molecule has 2 rings (SSSR count). The summed E-state index contributed by atoms with van der Waals surface area (Å²) in [7, 11) is 0. The lowest BCUT2D eigenvalue weighted by Crippen LogP contribution is -1.93. The van der Waals surface area contributed by atoms with Gasteiger partial charge in [0.1, 0.15) is 0 Å². The van der Waals surface area contributed by atoms with E-state index in [4.69, 9.17) is 5.73 Å². The summed E-state index contributed by atoms with van der Waals surface area (Å²) in [5.74, 6) is 0.338. The minimum absolute atomic E-state index is 0.338. The number of aryl methyl sites for hydroxylation is 2. The minimum atomic E-state index is 0.338. The van der Waals surface area contributed by atoms with Crippen LogP contribution in [0.25, 0.3) is 0 Å². The van der Waals surface area contributed by atoms with Gasteiger partial charge in [-0.2, -0.15) is 0 Å².